The number of hydrogen-bond donors (Lipinski definition) is 1. The van der Waals surface area contributed by atoms with Gasteiger partial charge in [0.1, 0.15) is 12.2 Å². The Kier molecular flexibility index (Phi) is 3.01. The van der Waals surface area contributed by atoms with Crippen molar-refractivity contribution in [3.63, 3.8) is 0 Å². The van der Waals surface area contributed by atoms with E-state index in [1.807, 2.05) is 45.3 Å². The number of carboxylic acid groups (broad SMARTS) is 1. The molecule has 0 amide bonds. The molecule has 0 aliphatic carbocycles. The fourth-order valence-electron chi connectivity index (χ4n) is 2.41. The van der Waals surface area contributed by atoms with E-state index < -0.39 is 5.97 Å². The number of aromatic nitrogens is 4. The highest BCUT2D eigenvalue weighted by atomic mass is 16.4. The van der Waals surface area contributed by atoms with Gasteiger partial charge in [-0.1, -0.05) is 0 Å². The molecule has 0 fully saturated rings. The van der Waals surface area contributed by atoms with E-state index in [0.29, 0.717) is 11.5 Å². The molecule has 0 atom stereocenters. The lowest BCUT2D eigenvalue weighted by atomic mass is 10.1. The van der Waals surface area contributed by atoms with Crippen molar-refractivity contribution in [3.8, 4) is 11.5 Å². The second-order valence-electron chi connectivity index (χ2n) is 5.22. The fourth-order valence-corrected chi connectivity index (χ4v) is 2.41. The van der Waals surface area contributed by atoms with Crippen LogP contribution in [-0.2, 0) is 18.4 Å². The van der Waals surface area contributed by atoms with Gasteiger partial charge in [-0.3, -0.25) is 9.48 Å². The third-order valence-electron chi connectivity index (χ3n) is 3.60. The maximum atomic E-state index is 11.2. The number of aliphatic carboxylic acids is 1. The minimum absolute atomic E-state index is 0.134. The van der Waals surface area contributed by atoms with Crippen LogP contribution in [0.5, 0.6) is 0 Å². The molecular weight excluding hydrogens is 268 g/mol. The maximum Gasteiger partial charge on any atom is 0.323 e. The van der Waals surface area contributed by atoms with Crippen molar-refractivity contribution < 1.29 is 9.90 Å². The third kappa shape index (κ3) is 2.29. The minimum atomic E-state index is -0.898. The lowest BCUT2D eigenvalue weighted by Gasteiger charge is -2.05. The van der Waals surface area contributed by atoms with Gasteiger partial charge in [-0.2, -0.15) is 5.10 Å². The Labute approximate surface area is 121 Å². The third-order valence-corrected chi connectivity index (χ3v) is 3.60. The first-order valence-corrected chi connectivity index (χ1v) is 6.65. The fraction of sp³-hybridized carbons (Fsp3) is 0.267. The second-order valence-corrected chi connectivity index (χ2v) is 5.22. The molecule has 6 heteroatoms. The molecule has 3 aromatic rings. The van der Waals surface area contributed by atoms with Crippen LogP contribution in [0.4, 0.5) is 0 Å². The molecule has 1 aromatic carbocycles. The van der Waals surface area contributed by atoms with Crippen molar-refractivity contribution in [2.24, 2.45) is 7.05 Å². The van der Waals surface area contributed by atoms with Crippen LogP contribution in [0.25, 0.3) is 22.6 Å². The van der Waals surface area contributed by atoms with Gasteiger partial charge in [0.15, 0.2) is 5.82 Å². The zero-order valence-corrected chi connectivity index (χ0v) is 12.2. The number of benzene rings is 1. The largest absolute Gasteiger partial charge is 0.480 e. The molecule has 0 unspecified atom stereocenters. The summed E-state index contributed by atoms with van der Waals surface area (Å²) >= 11 is 0. The van der Waals surface area contributed by atoms with Gasteiger partial charge in [-0.25, -0.2) is 4.98 Å². The summed E-state index contributed by atoms with van der Waals surface area (Å²) in [4.78, 5) is 15.8. The minimum Gasteiger partial charge on any atom is -0.480 e. The number of carbonyl (C=O) groups is 1. The van der Waals surface area contributed by atoms with E-state index in [0.717, 1.165) is 22.2 Å². The monoisotopic (exact) mass is 284 g/mol. The molecule has 0 bridgehead atoms. The summed E-state index contributed by atoms with van der Waals surface area (Å²) in [5, 5.41) is 13.5. The highest BCUT2D eigenvalue weighted by Crippen LogP contribution is 2.26. The van der Waals surface area contributed by atoms with Crippen molar-refractivity contribution in [2.45, 2.75) is 20.4 Å². The predicted octanol–water partition coefficient (Wildman–Crippen LogP) is 2.14. The molecule has 0 aliphatic heterocycles. The van der Waals surface area contributed by atoms with E-state index in [1.165, 1.54) is 0 Å². The molecule has 0 saturated carbocycles. The molecule has 3 rings (SSSR count). The second kappa shape index (κ2) is 4.73. The molecule has 2 aromatic heterocycles. The van der Waals surface area contributed by atoms with Gasteiger partial charge in [-0.05, 0) is 43.2 Å². The van der Waals surface area contributed by atoms with E-state index in [9.17, 15) is 9.90 Å². The molecule has 108 valence electrons. The number of imidazole rings is 1. The van der Waals surface area contributed by atoms with Crippen LogP contribution in [0.15, 0.2) is 24.4 Å². The van der Waals surface area contributed by atoms with E-state index in [1.54, 1.807) is 9.25 Å². The van der Waals surface area contributed by atoms with E-state index in [2.05, 4.69) is 10.1 Å². The molecule has 0 radical (unpaired) electrons. The molecule has 2 heterocycles. The Balaban J connectivity index is 2.29. The van der Waals surface area contributed by atoms with Crippen LogP contribution in [0.1, 0.15) is 11.1 Å². The van der Waals surface area contributed by atoms with Crippen LogP contribution in [0.3, 0.4) is 0 Å². The summed E-state index contributed by atoms with van der Waals surface area (Å²) in [6.07, 6.45) is 1.82. The summed E-state index contributed by atoms with van der Waals surface area (Å²) in [6, 6.07) is 5.79. The van der Waals surface area contributed by atoms with Crippen LogP contribution >= 0.6 is 0 Å². The highest BCUT2D eigenvalue weighted by molar-refractivity contribution is 5.83. The average Bonchev–Trinajstić information content (AvgIpc) is 2.95. The topological polar surface area (TPSA) is 72.9 Å². The summed E-state index contributed by atoms with van der Waals surface area (Å²) in [7, 11) is 1.82. The summed E-state index contributed by atoms with van der Waals surface area (Å²) in [5.41, 5.74) is 4.53. The van der Waals surface area contributed by atoms with Crippen molar-refractivity contribution in [1.29, 1.82) is 0 Å². The van der Waals surface area contributed by atoms with Gasteiger partial charge in [0.25, 0.3) is 0 Å². The Hall–Kier alpha value is -2.63. The molecule has 0 spiro atoms. The van der Waals surface area contributed by atoms with Crippen LogP contribution < -0.4 is 0 Å². The van der Waals surface area contributed by atoms with Crippen molar-refractivity contribution >= 4 is 17.0 Å². The quantitative estimate of drug-likeness (QED) is 0.799. The van der Waals surface area contributed by atoms with Gasteiger partial charge in [-0.15, -0.1) is 0 Å². The predicted molar refractivity (Wildman–Crippen MR) is 79.0 cm³/mol. The molecule has 6 nitrogen and oxygen atoms in total. The number of carboxylic acids is 1. The van der Waals surface area contributed by atoms with Crippen molar-refractivity contribution in [2.75, 3.05) is 0 Å². The Morgan fingerprint density at radius 1 is 1.29 bits per heavy atom. The molecule has 0 aliphatic rings. The van der Waals surface area contributed by atoms with Gasteiger partial charge >= 0.3 is 5.97 Å². The normalized spacial score (nSPS) is 11.2. The maximum absolute atomic E-state index is 11.2. The number of nitrogens with zero attached hydrogens (tertiary/aromatic N) is 4. The summed E-state index contributed by atoms with van der Waals surface area (Å²) in [5.74, 6) is -0.317. The number of rotatable bonds is 3. The van der Waals surface area contributed by atoms with E-state index >= 15 is 0 Å². The first-order chi connectivity index (χ1) is 9.95. The highest BCUT2D eigenvalue weighted by Gasteiger charge is 2.17. The van der Waals surface area contributed by atoms with Gasteiger partial charge in [0.05, 0.1) is 11.0 Å². The first-order valence-electron chi connectivity index (χ1n) is 6.65. The molecule has 0 saturated heterocycles. The lowest BCUT2D eigenvalue weighted by Crippen LogP contribution is -2.10. The van der Waals surface area contributed by atoms with Crippen LogP contribution in [0, 0.1) is 13.8 Å². The van der Waals surface area contributed by atoms with Crippen LogP contribution in [-0.4, -0.2) is 30.4 Å². The SMILES string of the molecule is Cc1cc2nc(-c3ccn(C)n3)n(CC(=O)O)c2cc1C. The smallest absolute Gasteiger partial charge is 0.323 e. The molecule has 21 heavy (non-hydrogen) atoms. The Morgan fingerprint density at radius 2 is 2.00 bits per heavy atom. The van der Waals surface area contributed by atoms with Crippen molar-refractivity contribution in [1.82, 2.24) is 19.3 Å². The zero-order valence-electron chi connectivity index (χ0n) is 12.2. The van der Waals surface area contributed by atoms with Crippen molar-refractivity contribution in [3.05, 3.63) is 35.5 Å². The standard InChI is InChI=1S/C15H16N4O2/c1-9-6-12-13(7-10(9)2)19(8-14(20)21)15(16-12)11-4-5-18(3)17-11/h4-7H,8H2,1-3H3,(H,20,21). The number of aryl methyl sites for hydroxylation is 3. The lowest BCUT2D eigenvalue weighted by molar-refractivity contribution is -0.137. The molecule has 1 N–H and O–H groups in total. The van der Waals surface area contributed by atoms with Crippen LogP contribution in [0.2, 0.25) is 0 Å². The average molecular weight is 284 g/mol. The summed E-state index contributed by atoms with van der Waals surface area (Å²) in [6.45, 7) is 3.89. The van der Waals surface area contributed by atoms with E-state index in [4.69, 9.17) is 0 Å². The van der Waals surface area contributed by atoms with Gasteiger partial charge < -0.3 is 9.67 Å². The summed E-state index contributed by atoms with van der Waals surface area (Å²) < 4.78 is 3.38. The first kappa shape index (κ1) is 13.4. The zero-order chi connectivity index (χ0) is 15.1. The molecular formula is C15H16N4O2. The van der Waals surface area contributed by atoms with Gasteiger partial charge in [0, 0.05) is 13.2 Å². The number of fused-ring (bicyclic) bond motifs is 1. The Morgan fingerprint density at radius 3 is 2.62 bits per heavy atom. The van der Waals surface area contributed by atoms with E-state index in [-0.39, 0.29) is 6.54 Å². The Bertz CT molecular complexity index is 845. The number of hydrogen-bond acceptors (Lipinski definition) is 3. The van der Waals surface area contributed by atoms with Gasteiger partial charge in [0.2, 0.25) is 0 Å².